The van der Waals surface area contributed by atoms with Crippen LogP contribution in [0.15, 0.2) is 14.7 Å². The van der Waals surface area contributed by atoms with Crippen LogP contribution in [0.5, 0.6) is 0 Å². The van der Waals surface area contributed by atoms with E-state index < -0.39 is 26.7 Å². The molecule has 0 radical (unpaired) electrons. The number of aryl methyl sites for hydroxylation is 1. The first kappa shape index (κ1) is 13.9. The lowest BCUT2D eigenvalue weighted by Gasteiger charge is -2.07. The summed E-state index contributed by atoms with van der Waals surface area (Å²) < 4.78 is 63.0. The molecule has 0 bridgehead atoms. The van der Waals surface area contributed by atoms with Crippen LogP contribution in [0.4, 0.5) is 13.2 Å². The van der Waals surface area contributed by atoms with Crippen LogP contribution in [0.25, 0.3) is 0 Å². The molecule has 1 heterocycles. The van der Waals surface area contributed by atoms with Gasteiger partial charge in [-0.15, -0.1) is 11.3 Å². The van der Waals surface area contributed by atoms with Crippen LogP contribution in [-0.2, 0) is 27.4 Å². The third kappa shape index (κ3) is 2.74. The molecule has 1 rings (SSSR count). The van der Waals surface area contributed by atoms with Gasteiger partial charge in [-0.25, -0.2) is 4.79 Å². The lowest BCUT2D eigenvalue weighted by atomic mass is 10.3. The first-order valence-corrected chi connectivity index (χ1v) is 6.57. The molecular weight excluding hydrogens is 279 g/mol. The molecule has 9 heteroatoms. The Morgan fingerprint density at radius 3 is 2.47 bits per heavy atom. The maximum atomic E-state index is 12.6. The molecule has 0 aliphatic heterocycles. The van der Waals surface area contributed by atoms with E-state index in [-0.39, 0.29) is 11.3 Å². The summed E-state index contributed by atoms with van der Waals surface area (Å²) in [6.07, 6.45) is -3.95. The number of hydrogen-bond donors (Lipinski definition) is 0. The number of hydrogen-bond acceptors (Lipinski definition) is 4. The third-order valence-electron chi connectivity index (χ3n) is 1.86. The quantitative estimate of drug-likeness (QED) is 0.632. The largest absolute Gasteiger partial charge is 0.418 e. The maximum absolute atomic E-state index is 12.6. The van der Waals surface area contributed by atoms with Crippen molar-refractivity contribution in [2.24, 2.45) is 4.40 Å². The van der Waals surface area contributed by atoms with Crippen molar-refractivity contribution in [3.05, 3.63) is 15.8 Å². The Bertz CT molecular complexity index is 567. The highest BCUT2D eigenvalue weighted by atomic mass is 32.2. The zero-order valence-corrected chi connectivity index (χ0v) is 10.0. The summed E-state index contributed by atoms with van der Waals surface area (Å²) in [5, 5.41) is 0.700. The minimum absolute atomic E-state index is 0.0105. The number of nitrogens with zero attached hydrogens (tertiary/aromatic N) is 1. The van der Waals surface area contributed by atoms with Gasteiger partial charge in [-0.1, -0.05) is 11.3 Å². The lowest BCUT2D eigenvalue weighted by Crippen LogP contribution is -2.10. The summed E-state index contributed by atoms with van der Waals surface area (Å²) in [5.41, 5.74) is -1.29. The van der Waals surface area contributed by atoms with Gasteiger partial charge in [0.1, 0.15) is 4.90 Å². The smallest absolute Gasteiger partial charge is 0.210 e. The van der Waals surface area contributed by atoms with E-state index in [1.54, 1.807) is 0 Å². The van der Waals surface area contributed by atoms with Crippen LogP contribution in [0.2, 0.25) is 0 Å². The molecule has 0 fully saturated rings. The molecule has 0 atom stereocenters. The topological polar surface area (TPSA) is 63.6 Å². The molecule has 1 aromatic heterocycles. The molecule has 0 amide bonds. The van der Waals surface area contributed by atoms with Crippen molar-refractivity contribution >= 4 is 27.4 Å². The second-order valence-corrected chi connectivity index (χ2v) is 5.42. The summed E-state index contributed by atoms with van der Waals surface area (Å²) in [7, 11) is -4.63. The molecule has 0 aliphatic carbocycles. The molecule has 94 valence electrons. The number of alkyl halides is 3. The highest BCUT2D eigenvalue weighted by Crippen LogP contribution is 2.40. The molecule has 0 spiro atoms. The van der Waals surface area contributed by atoms with E-state index in [4.69, 9.17) is 0 Å². The van der Waals surface area contributed by atoms with Crippen molar-refractivity contribution in [3.63, 3.8) is 0 Å². The normalized spacial score (nSPS) is 12.2. The fourth-order valence-electron chi connectivity index (χ4n) is 1.20. The molecule has 1 aromatic rings. The molecule has 0 unspecified atom stereocenters. The molecule has 0 aliphatic rings. The Morgan fingerprint density at radius 1 is 1.47 bits per heavy atom. The van der Waals surface area contributed by atoms with Crippen LogP contribution in [0.3, 0.4) is 0 Å². The van der Waals surface area contributed by atoms with Crippen molar-refractivity contribution in [2.45, 2.75) is 24.4 Å². The predicted molar refractivity (Wildman–Crippen MR) is 54.0 cm³/mol. The van der Waals surface area contributed by atoms with Gasteiger partial charge in [0.05, 0.1) is 5.56 Å². The van der Waals surface area contributed by atoms with E-state index in [0.29, 0.717) is 16.7 Å². The Kier molecular flexibility index (Phi) is 3.75. The van der Waals surface area contributed by atoms with Gasteiger partial charge in [-0.2, -0.15) is 21.6 Å². The second kappa shape index (κ2) is 4.59. The van der Waals surface area contributed by atoms with Crippen LogP contribution in [-0.4, -0.2) is 14.5 Å². The maximum Gasteiger partial charge on any atom is 0.418 e. The first-order valence-electron chi connectivity index (χ1n) is 4.25. The van der Waals surface area contributed by atoms with Crippen molar-refractivity contribution in [2.75, 3.05) is 0 Å². The highest BCUT2D eigenvalue weighted by molar-refractivity contribution is 7.90. The third-order valence-corrected chi connectivity index (χ3v) is 4.42. The molecule has 17 heavy (non-hydrogen) atoms. The van der Waals surface area contributed by atoms with Crippen molar-refractivity contribution < 1.29 is 26.4 Å². The second-order valence-electron chi connectivity index (χ2n) is 2.91. The van der Waals surface area contributed by atoms with Gasteiger partial charge in [0.15, 0.2) is 0 Å². The van der Waals surface area contributed by atoms with Crippen molar-refractivity contribution in [1.82, 2.24) is 0 Å². The SMILES string of the molecule is CCc1scc(C(F)(F)F)c1S(=O)(=O)N=C=O. The van der Waals surface area contributed by atoms with Crippen molar-refractivity contribution in [1.29, 1.82) is 0 Å². The molecule has 0 aromatic carbocycles. The molecule has 0 N–H and O–H groups in total. The molecule has 0 saturated carbocycles. The number of halogens is 3. The van der Waals surface area contributed by atoms with Crippen LogP contribution in [0.1, 0.15) is 17.4 Å². The Hall–Kier alpha value is -1.18. The zero-order valence-electron chi connectivity index (χ0n) is 8.41. The van der Waals surface area contributed by atoms with Crippen LogP contribution >= 0.6 is 11.3 Å². The summed E-state index contributed by atoms with van der Waals surface area (Å²) >= 11 is 0.667. The number of sulfonamides is 1. The first-order chi connectivity index (χ1) is 7.74. The summed E-state index contributed by atoms with van der Waals surface area (Å²) in [6.45, 7) is 1.51. The monoisotopic (exact) mass is 285 g/mol. The number of thiophene rings is 1. The van der Waals surface area contributed by atoms with Gasteiger partial charge in [0.2, 0.25) is 0 Å². The Labute approximate surface area is 98.8 Å². The van der Waals surface area contributed by atoms with E-state index in [1.165, 1.54) is 6.92 Å². The van der Waals surface area contributed by atoms with Gasteiger partial charge in [0, 0.05) is 10.3 Å². The van der Waals surface area contributed by atoms with Gasteiger partial charge in [-0.05, 0) is 6.42 Å². The standard InChI is InChI=1S/C8H6F3NO3S2/c1-2-6-7(17(14,15)12-4-13)5(3-16-6)8(9,10)11/h3H,2H2,1H3. The number of rotatable bonds is 3. The summed E-state index contributed by atoms with van der Waals surface area (Å²) in [4.78, 5) is 8.99. The minimum Gasteiger partial charge on any atom is -0.210 e. The highest BCUT2D eigenvalue weighted by Gasteiger charge is 2.40. The average Bonchev–Trinajstić information content (AvgIpc) is 2.60. The van der Waals surface area contributed by atoms with E-state index >= 15 is 0 Å². The average molecular weight is 285 g/mol. The molecule has 4 nitrogen and oxygen atoms in total. The summed E-state index contributed by atoms with van der Waals surface area (Å²) in [5.74, 6) is 0. The van der Waals surface area contributed by atoms with Gasteiger partial charge in [0.25, 0.3) is 16.1 Å². The van der Waals surface area contributed by atoms with Crippen LogP contribution in [0, 0.1) is 0 Å². The Balaban J connectivity index is 3.61. The van der Waals surface area contributed by atoms with Gasteiger partial charge < -0.3 is 0 Å². The van der Waals surface area contributed by atoms with E-state index in [9.17, 15) is 26.4 Å². The van der Waals surface area contributed by atoms with Gasteiger partial charge in [-0.3, -0.25) is 0 Å². The van der Waals surface area contributed by atoms with E-state index in [1.807, 2.05) is 0 Å². The molecule has 0 saturated heterocycles. The number of carbonyl (C=O) groups excluding carboxylic acids is 1. The van der Waals surface area contributed by atoms with Gasteiger partial charge >= 0.3 is 6.18 Å². The Morgan fingerprint density at radius 2 is 2.06 bits per heavy atom. The summed E-state index contributed by atoms with van der Waals surface area (Å²) in [6, 6.07) is 0. The minimum atomic E-state index is -4.80. The van der Waals surface area contributed by atoms with Crippen molar-refractivity contribution in [3.8, 4) is 0 Å². The van der Waals surface area contributed by atoms with E-state index in [0.717, 1.165) is 6.08 Å². The lowest BCUT2D eigenvalue weighted by molar-refractivity contribution is -0.139. The number of isocyanates is 1. The fraction of sp³-hybridized carbons (Fsp3) is 0.375. The molecular formula is C8H6F3NO3S2. The van der Waals surface area contributed by atoms with E-state index in [2.05, 4.69) is 4.40 Å². The predicted octanol–water partition coefficient (Wildman–Crippen LogP) is 2.35. The fourth-order valence-corrected chi connectivity index (χ4v) is 3.71. The van der Waals surface area contributed by atoms with Crippen LogP contribution < -0.4 is 0 Å². The zero-order chi connectivity index (χ0) is 13.3.